The maximum absolute atomic E-state index is 13.1. The Bertz CT molecular complexity index is 954. The van der Waals surface area contributed by atoms with E-state index in [1.165, 1.54) is 22.3 Å². The normalized spacial score (nSPS) is 27.2. The Hall–Kier alpha value is -2.87. The van der Waals surface area contributed by atoms with Crippen LogP contribution in [-0.4, -0.2) is 16.3 Å². The number of rotatable bonds is 3. The predicted octanol–water partition coefficient (Wildman–Crippen LogP) is 4.93. The van der Waals surface area contributed by atoms with Crippen LogP contribution in [0.4, 0.5) is 0 Å². The SMILES string of the molecule is C[C@@H](c1ccccc1)N1C(=O)C=C2C[C@@H]3C=C[C@@]21C(c1ccccc1)=C3. The molecule has 0 aromatic heterocycles. The Morgan fingerprint density at radius 3 is 2.46 bits per heavy atom. The zero-order valence-electron chi connectivity index (χ0n) is 14.8. The standard InChI is InChI=1S/C24H21NO/c1-17(19-8-4-2-5-9-19)25-23(26)16-21-14-18-12-13-24(21,25)22(15-18)20-10-6-3-7-11-20/h2-13,15-18H,14H2,1H3/t17-,18-,24-/m0/s1. The summed E-state index contributed by atoms with van der Waals surface area (Å²) in [7, 11) is 0. The smallest absolute Gasteiger partial charge is 0.248 e. The fourth-order valence-electron chi connectivity index (χ4n) is 4.80. The number of allylic oxidation sites excluding steroid dienone is 2. The van der Waals surface area contributed by atoms with E-state index >= 15 is 0 Å². The third-order valence-corrected chi connectivity index (χ3v) is 5.99. The lowest BCUT2D eigenvalue weighted by Crippen LogP contribution is -2.52. The number of nitrogens with zero attached hydrogens (tertiary/aromatic N) is 1. The summed E-state index contributed by atoms with van der Waals surface area (Å²) in [4.78, 5) is 15.2. The molecule has 26 heavy (non-hydrogen) atoms. The molecule has 0 radical (unpaired) electrons. The summed E-state index contributed by atoms with van der Waals surface area (Å²) in [5.74, 6) is 0.503. The summed E-state index contributed by atoms with van der Waals surface area (Å²) in [6, 6.07) is 20.8. The molecule has 3 aliphatic carbocycles. The second-order valence-corrected chi connectivity index (χ2v) is 7.40. The maximum Gasteiger partial charge on any atom is 0.248 e. The van der Waals surface area contributed by atoms with Gasteiger partial charge in [-0.3, -0.25) is 4.79 Å². The third-order valence-electron chi connectivity index (χ3n) is 5.99. The van der Waals surface area contributed by atoms with Crippen molar-refractivity contribution in [2.75, 3.05) is 0 Å². The van der Waals surface area contributed by atoms with Gasteiger partial charge in [-0.2, -0.15) is 0 Å². The van der Waals surface area contributed by atoms with E-state index in [0.29, 0.717) is 5.92 Å². The first-order valence-corrected chi connectivity index (χ1v) is 9.26. The summed E-state index contributed by atoms with van der Waals surface area (Å²) in [5.41, 5.74) is 4.41. The molecule has 0 saturated carbocycles. The molecule has 0 N–H and O–H groups in total. The molecule has 1 aliphatic heterocycles. The molecule has 4 aliphatic rings. The minimum atomic E-state index is -0.442. The molecular weight excluding hydrogens is 318 g/mol. The molecular formula is C24H21NO. The molecule has 2 aromatic rings. The Morgan fingerprint density at radius 2 is 1.73 bits per heavy atom. The molecule has 0 fully saturated rings. The molecule has 0 saturated heterocycles. The lowest BCUT2D eigenvalue weighted by Gasteiger charge is -2.49. The summed E-state index contributed by atoms with van der Waals surface area (Å²) in [6.07, 6.45) is 9.71. The Morgan fingerprint density at radius 1 is 1.04 bits per heavy atom. The van der Waals surface area contributed by atoms with Gasteiger partial charge in [-0.05, 0) is 41.5 Å². The minimum Gasteiger partial charge on any atom is -0.315 e. The predicted molar refractivity (Wildman–Crippen MR) is 104 cm³/mol. The number of carbonyl (C=O) groups is 1. The molecule has 3 atom stereocenters. The van der Waals surface area contributed by atoms with Gasteiger partial charge in [0.05, 0.1) is 6.04 Å². The highest BCUT2D eigenvalue weighted by molar-refractivity contribution is 6.00. The van der Waals surface area contributed by atoms with Gasteiger partial charge in [0, 0.05) is 6.08 Å². The molecule has 0 unspecified atom stereocenters. The molecule has 2 heteroatoms. The number of hydrogen-bond donors (Lipinski definition) is 0. The molecule has 2 nitrogen and oxygen atoms in total. The Kier molecular flexibility index (Phi) is 3.30. The quantitative estimate of drug-likeness (QED) is 0.726. The number of hydrogen-bond acceptors (Lipinski definition) is 1. The van der Waals surface area contributed by atoms with Gasteiger partial charge >= 0.3 is 0 Å². The fraction of sp³-hybridized carbons (Fsp3) is 0.208. The molecule has 1 spiro atoms. The second kappa shape index (κ2) is 5.57. The first kappa shape index (κ1) is 15.4. The first-order valence-electron chi connectivity index (χ1n) is 9.26. The summed E-state index contributed by atoms with van der Waals surface area (Å²) < 4.78 is 0. The van der Waals surface area contributed by atoms with Crippen LogP contribution in [0.15, 0.2) is 90.5 Å². The van der Waals surface area contributed by atoms with Gasteiger partial charge in [0.1, 0.15) is 5.54 Å². The highest BCUT2D eigenvalue weighted by Crippen LogP contribution is 2.55. The number of amides is 1. The van der Waals surface area contributed by atoms with E-state index in [1.807, 2.05) is 30.3 Å². The van der Waals surface area contributed by atoms with Crippen molar-refractivity contribution in [1.29, 1.82) is 0 Å². The number of benzene rings is 2. The molecule has 6 rings (SSSR count). The van der Waals surface area contributed by atoms with Crippen LogP contribution in [0.5, 0.6) is 0 Å². The monoisotopic (exact) mass is 339 g/mol. The minimum absolute atomic E-state index is 0.00358. The zero-order valence-corrected chi connectivity index (χ0v) is 14.8. The first-order chi connectivity index (χ1) is 12.7. The van der Waals surface area contributed by atoms with Crippen LogP contribution in [0.25, 0.3) is 5.57 Å². The van der Waals surface area contributed by atoms with Crippen molar-refractivity contribution in [3.8, 4) is 0 Å². The average Bonchev–Trinajstić information content (AvgIpc) is 3.00. The molecule has 2 bridgehead atoms. The maximum atomic E-state index is 13.1. The van der Waals surface area contributed by atoms with Gasteiger partial charge in [-0.25, -0.2) is 0 Å². The molecule has 1 amide bonds. The van der Waals surface area contributed by atoms with Crippen LogP contribution in [0.1, 0.15) is 30.5 Å². The van der Waals surface area contributed by atoms with Crippen molar-refractivity contribution in [2.24, 2.45) is 5.92 Å². The van der Waals surface area contributed by atoms with Crippen LogP contribution in [-0.2, 0) is 4.79 Å². The average molecular weight is 339 g/mol. The van der Waals surface area contributed by atoms with Crippen LogP contribution in [0.2, 0.25) is 0 Å². The van der Waals surface area contributed by atoms with E-state index in [1.54, 1.807) is 0 Å². The van der Waals surface area contributed by atoms with Crippen molar-refractivity contribution in [2.45, 2.75) is 24.9 Å². The van der Waals surface area contributed by atoms with Crippen LogP contribution < -0.4 is 0 Å². The van der Waals surface area contributed by atoms with Gasteiger partial charge < -0.3 is 4.90 Å². The second-order valence-electron chi connectivity index (χ2n) is 7.40. The van der Waals surface area contributed by atoms with Gasteiger partial charge in [0.25, 0.3) is 0 Å². The van der Waals surface area contributed by atoms with E-state index in [-0.39, 0.29) is 11.9 Å². The summed E-state index contributed by atoms with van der Waals surface area (Å²) in [6.45, 7) is 2.13. The summed E-state index contributed by atoms with van der Waals surface area (Å²) in [5, 5.41) is 0. The largest absolute Gasteiger partial charge is 0.315 e. The van der Waals surface area contributed by atoms with E-state index < -0.39 is 5.54 Å². The third kappa shape index (κ3) is 2.02. The zero-order chi connectivity index (χ0) is 17.7. The molecule has 2 aromatic carbocycles. The van der Waals surface area contributed by atoms with Crippen LogP contribution in [0, 0.1) is 5.92 Å². The van der Waals surface area contributed by atoms with E-state index in [4.69, 9.17) is 0 Å². The van der Waals surface area contributed by atoms with Gasteiger partial charge in [-0.1, -0.05) is 78.9 Å². The van der Waals surface area contributed by atoms with Crippen LogP contribution in [0.3, 0.4) is 0 Å². The van der Waals surface area contributed by atoms with E-state index in [0.717, 1.165) is 6.42 Å². The highest BCUT2D eigenvalue weighted by Gasteiger charge is 2.54. The van der Waals surface area contributed by atoms with Crippen molar-refractivity contribution < 1.29 is 4.79 Å². The Balaban J connectivity index is 1.68. The molecule has 128 valence electrons. The van der Waals surface area contributed by atoms with Crippen molar-refractivity contribution >= 4 is 11.5 Å². The van der Waals surface area contributed by atoms with E-state index in [9.17, 15) is 4.79 Å². The highest BCUT2D eigenvalue weighted by atomic mass is 16.2. The fourth-order valence-corrected chi connectivity index (χ4v) is 4.80. The number of carbonyl (C=O) groups excluding carboxylic acids is 1. The van der Waals surface area contributed by atoms with E-state index in [2.05, 4.69) is 66.4 Å². The van der Waals surface area contributed by atoms with Gasteiger partial charge in [-0.15, -0.1) is 0 Å². The van der Waals surface area contributed by atoms with Crippen molar-refractivity contribution in [1.82, 2.24) is 4.90 Å². The van der Waals surface area contributed by atoms with Gasteiger partial charge in [0.15, 0.2) is 0 Å². The van der Waals surface area contributed by atoms with Crippen molar-refractivity contribution in [3.63, 3.8) is 0 Å². The Labute approximate surface area is 154 Å². The van der Waals surface area contributed by atoms with Crippen LogP contribution >= 0.6 is 0 Å². The topological polar surface area (TPSA) is 20.3 Å². The van der Waals surface area contributed by atoms with Crippen molar-refractivity contribution in [3.05, 3.63) is 102 Å². The summed E-state index contributed by atoms with van der Waals surface area (Å²) >= 11 is 0. The lowest BCUT2D eigenvalue weighted by molar-refractivity contribution is -0.129. The molecule has 1 heterocycles. The van der Waals surface area contributed by atoms with Gasteiger partial charge in [0.2, 0.25) is 5.91 Å². The lowest BCUT2D eigenvalue weighted by atomic mass is 9.66.